The molecular formula is C11H20N2O2S. The van der Waals surface area contributed by atoms with Gasteiger partial charge in [-0.2, -0.15) is 5.26 Å². The molecule has 1 rings (SSSR count). The van der Waals surface area contributed by atoms with Crippen LogP contribution >= 0.6 is 0 Å². The summed E-state index contributed by atoms with van der Waals surface area (Å²) in [4.78, 5) is 0. The van der Waals surface area contributed by atoms with E-state index in [4.69, 9.17) is 5.26 Å². The fourth-order valence-electron chi connectivity index (χ4n) is 2.02. The van der Waals surface area contributed by atoms with Gasteiger partial charge in [-0.25, -0.2) is 12.7 Å². The number of sulfonamides is 1. The van der Waals surface area contributed by atoms with E-state index in [0.717, 1.165) is 12.8 Å². The van der Waals surface area contributed by atoms with E-state index >= 15 is 0 Å². The molecule has 1 fully saturated rings. The Kier molecular flexibility index (Phi) is 5.23. The summed E-state index contributed by atoms with van der Waals surface area (Å²) >= 11 is 0. The van der Waals surface area contributed by atoms with Gasteiger partial charge in [-0.05, 0) is 31.6 Å². The summed E-state index contributed by atoms with van der Waals surface area (Å²) in [6, 6.07) is 2.03. The van der Waals surface area contributed by atoms with Crippen molar-refractivity contribution in [3.8, 4) is 6.07 Å². The molecule has 92 valence electrons. The molecular weight excluding hydrogens is 224 g/mol. The van der Waals surface area contributed by atoms with E-state index in [1.165, 1.54) is 0 Å². The average molecular weight is 244 g/mol. The van der Waals surface area contributed by atoms with Gasteiger partial charge < -0.3 is 0 Å². The van der Waals surface area contributed by atoms with Crippen molar-refractivity contribution in [2.45, 2.75) is 39.0 Å². The largest absolute Gasteiger partial charge is 0.214 e. The lowest BCUT2D eigenvalue weighted by Gasteiger charge is -2.30. The first-order valence-corrected chi connectivity index (χ1v) is 7.52. The van der Waals surface area contributed by atoms with Crippen molar-refractivity contribution in [2.75, 3.05) is 18.8 Å². The van der Waals surface area contributed by atoms with Crippen LogP contribution in [0, 0.1) is 17.2 Å². The molecule has 16 heavy (non-hydrogen) atoms. The van der Waals surface area contributed by atoms with Crippen molar-refractivity contribution in [3.05, 3.63) is 0 Å². The topological polar surface area (TPSA) is 61.2 Å². The molecule has 5 heteroatoms. The zero-order valence-electron chi connectivity index (χ0n) is 9.85. The SMILES string of the molecule is C[C@H]1CCCN(S(=O)(=O)CCCCC#N)C1. The Bertz CT molecular complexity index is 345. The highest BCUT2D eigenvalue weighted by molar-refractivity contribution is 7.89. The zero-order chi connectivity index (χ0) is 12.0. The van der Waals surface area contributed by atoms with Crippen LogP contribution in [0.2, 0.25) is 0 Å². The van der Waals surface area contributed by atoms with Crippen molar-refractivity contribution < 1.29 is 8.42 Å². The fraction of sp³-hybridized carbons (Fsp3) is 0.909. The lowest BCUT2D eigenvalue weighted by molar-refractivity contribution is 0.281. The second-order valence-electron chi connectivity index (χ2n) is 4.54. The highest BCUT2D eigenvalue weighted by atomic mass is 32.2. The first-order chi connectivity index (χ1) is 7.56. The quantitative estimate of drug-likeness (QED) is 0.692. The Morgan fingerprint density at radius 2 is 2.19 bits per heavy atom. The lowest BCUT2D eigenvalue weighted by Crippen LogP contribution is -2.40. The predicted molar refractivity (Wildman–Crippen MR) is 63.2 cm³/mol. The van der Waals surface area contributed by atoms with Crippen molar-refractivity contribution in [3.63, 3.8) is 0 Å². The monoisotopic (exact) mass is 244 g/mol. The minimum atomic E-state index is -3.07. The number of rotatable bonds is 5. The van der Waals surface area contributed by atoms with Gasteiger partial charge in [0.15, 0.2) is 0 Å². The molecule has 1 aliphatic heterocycles. The van der Waals surface area contributed by atoms with Gasteiger partial charge in [0.25, 0.3) is 0 Å². The van der Waals surface area contributed by atoms with E-state index in [1.54, 1.807) is 4.31 Å². The first-order valence-electron chi connectivity index (χ1n) is 5.91. The number of hydrogen-bond donors (Lipinski definition) is 0. The van der Waals surface area contributed by atoms with Crippen LogP contribution in [0.1, 0.15) is 39.0 Å². The van der Waals surface area contributed by atoms with E-state index in [0.29, 0.717) is 38.3 Å². The zero-order valence-corrected chi connectivity index (χ0v) is 10.7. The summed E-state index contributed by atoms with van der Waals surface area (Å²) in [5.74, 6) is 0.670. The Morgan fingerprint density at radius 1 is 1.44 bits per heavy atom. The van der Waals surface area contributed by atoms with Crippen molar-refractivity contribution in [1.29, 1.82) is 5.26 Å². The Morgan fingerprint density at radius 3 is 2.81 bits per heavy atom. The smallest absolute Gasteiger partial charge is 0.212 e. The standard InChI is InChI=1S/C11H20N2O2S/c1-11-6-5-8-13(10-11)16(14,15)9-4-2-3-7-12/h11H,2-6,8-10H2,1H3/t11-/m0/s1. The third-order valence-corrected chi connectivity index (χ3v) is 4.88. The fourth-order valence-corrected chi connectivity index (χ4v) is 3.73. The molecule has 1 aliphatic rings. The van der Waals surface area contributed by atoms with Gasteiger partial charge in [0.05, 0.1) is 11.8 Å². The predicted octanol–water partition coefficient (Wildman–Crippen LogP) is 1.74. The molecule has 1 saturated heterocycles. The van der Waals surface area contributed by atoms with E-state index in [9.17, 15) is 8.42 Å². The molecule has 0 N–H and O–H groups in total. The summed E-state index contributed by atoms with van der Waals surface area (Å²) < 4.78 is 25.5. The summed E-state index contributed by atoms with van der Waals surface area (Å²) in [7, 11) is -3.07. The van der Waals surface area contributed by atoms with Gasteiger partial charge in [-0.1, -0.05) is 6.92 Å². The molecule has 0 aliphatic carbocycles. The highest BCUT2D eigenvalue weighted by Crippen LogP contribution is 2.19. The molecule has 0 spiro atoms. The molecule has 0 aromatic heterocycles. The maximum Gasteiger partial charge on any atom is 0.214 e. The van der Waals surface area contributed by atoms with Gasteiger partial charge in [-0.3, -0.25) is 0 Å². The van der Waals surface area contributed by atoms with Crippen molar-refractivity contribution in [2.24, 2.45) is 5.92 Å². The van der Waals surface area contributed by atoms with Gasteiger partial charge in [0, 0.05) is 19.5 Å². The summed E-state index contributed by atoms with van der Waals surface area (Å²) in [5, 5.41) is 8.37. The van der Waals surface area contributed by atoms with Crippen LogP contribution in [0.5, 0.6) is 0 Å². The average Bonchev–Trinajstić information content (AvgIpc) is 2.24. The summed E-state index contributed by atoms with van der Waals surface area (Å²) in [6.07, 6.45) is 3.82. The van der Waals surface area contributed by atoms with Gasteiger partial charge in [-0.15, -0.1) is 0 Å². The van der Waals surface area contributed by atoms with E-state index in [2.05, 4.69) is 6.92 Å². The molecule has 0 aromatic carbocycles. The van der Waals surface area contributed by atoms with Crippen molar-refractivity contribution in [1.82, 2.24) is 4.31 Å². The Labute approximate surface area is 98.3 Å². The van der Waals surface area contributed by atoms with Gasteiger partial charge in [0.1, 0.15) is 0 Å². The summed E-state index contributed by atoms with van der Waals surface area (Å²) in [5.41, 5.74) is 0. The van der Waals surface area contributed by atoms with E-state index < -0.39 is 10.0 Å². The molecule has 0 amide bonds. The third kappa shape index (κ3) is 4.11. The maximum atomic E-state index is 11.9. The van der Waals surface area contributed by atoms with Crippen LogP contribution in [0.4, 0.5) is 0 Å². The van der Waals surface area contributed by atoms with Crippen LogP contribution in [0.25, 0.3) is 0 Å². The minimum absolute atomic E-state index is 0.196. The Balaban J connectivity index is 2.41. The maximum absolute atomic E-state index is 11.9. The normalized spacial score (nSPS) is 22.9. The molecule has 1 heterocycles. The van der Waals surface area contributed by atoms with Gasteiger partial charge >= 0.3 is 0 Å². The highest BCUT2D eigenvalue weighted by Gasteiger charge is 2.26. The molecule has 0 saturated carbocycles. The molecule has 0 bridgehead atoms. The van der Waals surface area contributed by atoms with Gasteiger partial charge in [0.2, 0.25) is 10.0 Å². The van der Waals surface area contributed by atoms with Crippen LogP contribution in [0.3, 0.4) is 0 Å². The molecule has 1 atom stereocenters. The summed E-state index contributed by atoms with van der Waals surface area (Å²) in [6.45, 7) is 3.43. The lowest BCUT2D eigenvalue weighted by atomic mass is 10.0. The van der Waals surface area contributed by atoms with Crippen molar-refractivity contribution >= 4 is 10.0 Å². The third-order valence-electron chi connectivity index (χ3n) is 2.95. The van der Waals surface area contributed by atoms with Crippen LogP contribution < -0.4 is 0 Å². The van der Waals surface area contributed by atoms with Crippen LogP contribution in [-0.2, 0) is 10.0 Å². The van der Waals surface area contributed by atoms with Crippen LogP contribution in [-0.4, -0.2) is 31.6 Å². The Hall–Kier alpha value is -0.600. The first kappa shape index (κ1) is 13.5. The number of hydrogen-bond acceptors (Lipinski definition) is 3. The minimum Gasteiger partial charge on any atom is -0.212 e. The number of nitriles is 1. The second-order valence-corrected chi connectivity index (χ2v) is 6.63. The molecule has 4 nitrogen and oxygen atoms in total. The number of piperidine rings is 1. The molecule has 0 aromatic rings. The number of nitrogens with zero attached hydrogens (tertiary/aromatic N) is 2. The number of unbranched alkanes of at least 4 members (excludes halogenated alkanes) is 2. The molecule has 0 unspecified atom stereocenters. The second kappa shape index (κ2) is 6.21. The van der Waals surface area contributed by atoms with E-state index in [1.807, 2.05) is 6.07 Å². The van der Waals surface area contributed by atoms with E-state index in [-0.39, 0.29) is 5.75 Å². The van der Waals surface area contributed by atoms with Crippen LogP contribution in [0.15, 0.2) is 0 Å². The molecule has 0 radical (unpaired) electrons.